The highest BCUT2D eigenvalue weighted by atomic mass is 32.2. The van der Waals surface area contributed by atoms with Gasteiger partial charge in [0.2, 0.25) is 0 Å². The summed E-state index contributed by atoms with van der Waals surface area (Å²) in [6.45, 7) is 0. The number of phenolic OH excluding ortho intramolecular Hbond substituents is 1. The van der Waals surface area contributed by atoms with Gasteiger partial charge in [-0.1, -0.05) is 12.1 Å². The summed E-state index contributed by atoms with van der Waals surface area (Å²) in [6.07, 6.45) is 1.43. The molecule has 1 unspecified atom stereocenters. The van der Waals surface area contributed by atoms with Crippen molar-refractivity contribution in [3.05, 3.63) is 60.8 Å². The number of hydrogen-bond acceptors (Lipinski definition) is 7. The normalized spacial score (nSPS) is 14.3. The van der Waals surface area contributed by atoms with Crippen LogP contribution >= 0.6 is 0 Å². The lowest BCUT2D eigenvalue weighted by molar-refractivity contribution is 0.480. The van der Waals surface area contributed by atoms with E-state index in [2.05, 4.69) is 21.1 Å². The summed E-state index contributed by atoms with van der Waals surface area (Å²) >= 11 is 0. The van der Waals surface area contributed by atoms with Gasteiger partial charge in [0.15, 0.2) is 5.75 Å². The highest BCUT2D eigenvalue weighted by Crippen LogP contribution is 2.38. The Bertz CT molecular complexity index is 1600. The quantitative estimate of drug-likeness (QED) is 0.235. The van der Waals surface area contributed by atoms with Crippen LogP contribution in [0, 0.1) is 0 Å². The number of aromatic nitrogens is 1. The van der Waals surface area contributed by atoms with Gasteiger partial charge in [0, 0.05) is 11.6 Å². The summed E-state index contributed by atoms with van der Waals surface area (Å²) in [7, 11) is -7.93. The van der Waals surface area contributed by atoms with Gasteiger partial charge in [0.25, 0.3) is 10.1 Å². The Morgan fingerprint density at radius 3 is 2.32 bits per heavy atom. The number of benzene rings is 3. The molecule has 31 heavy (non-hydrogen) atoms. The van der Waals surface area contributed by atoms with E-state index in [4.69, 9.17) is 4.55 Å². The molecule has 158 valence electrons. The second-order valence-electron chi connectivity index (χ2n) is 6.65. The molecule has 0 amide bonds. The van der Waals surface area contributed by atoms with Gasteiger partial charge in [-0.15, -0.1) is 5.11 Å². The molecule has 1 aromatic heterocycles. The number of aromatic hydroxyl groups is 1. The predicted molar refractivity (Wildman–Crippen MR) is 118 cm³/mol. The predicted octanol–water partition coefficient (Wildman–Crippen LogP) is 4.30. The van der Waals surface area contributed by atoms with Gasteiger partial charge in [-0.25, -0.2) is 4.21 Å². The van der Waals surface area contributed by atoms with Crippen LogP contribution in [0.1, 0.15) is 0 Å². The van der Waals surface area contributed by atoms with Crippen molar-refractivity contribution in [1.29, 1.82) is 0 Å². The van der Waals surface area contributed by atoms with Crippen molar-refractivity contribution in [2.45, 2.75) is 9.79 Å². The lowest BCUT2D eigenvalue weighted by atomic mass is 10.1. The van der Waals surface area contributed by atoms with E-state index >= 15 is 0 Å². The molecular weight excluding hydrogens is 442 g/mol. The van der Waals surface area contributed by atoms with Crippen LogP contribution in [0.4, 0.5) is 11.4 Å². The molecule has 0 aliphatic carbocycles. The third kappa shape index (κ3) is 4.11. The minimum atomic E-state index is -4.31. The highest BCUT2D eigenvalue weighted by Gasteiger charge is 2.17. The molecule has 1 atom stereocenters. The Morgan fingerprint density at radius 1 is 0.903 bits per heavy atom. The average molecular weight is 457 g/mol. The van der Waals surface area contributed by atoms with Gasteiger partial charge in [-0.3, -0.25) is 9.54 Å². The van der Waals surface area contributed by atoms with Crippen molar-refractivity contribution in [2.24, 2.45) is 10.2 Å². The standard InChI is InChI=1S/C20H15N3O6S2/c1-30(25,26)18-11-17(20(24)19-16(18)3-2-8-21-19)23-22-14-6-4-13-10-15(31(27,28)29)7-5-12(13)9-14/h2-11,24H,1H2,(H,25,26)(H,27,28,29). The first-order valence-corrected chi connectivity index (χ1v) is 11.8. The molecule has 0 aliphatic rings. The van der Waals surface area contributed by atoms with Crippen LogP contribution in [-0.4, -0.2) is 37.7 Å². The van der Waals surface area contributed by atoms with Crippen molar-refractivity contribution >= 4 is 58.8 Å². The van der Waals surface area contributed by atoms with E-state index in [1.54, 1.807) is 30.3 Å². The Kier molecular flexibility index (Phi) is 4.98. The first kappa shape index (κ1) is 20.9. The maximum atomic E-state index is 12.2. The minimum Gasteiger partial charge on any atom is -0.504 e. The Balaban J connectivity index is 1.79. The molecule has 0 bridgehead atoms. The van der Waals surface area contributed by atoms with Gasteiger partial charge < -0.3 is 9.66 Å². The first-order valence-electron chi connectivity index (χ1n) is 8.67. The van der Waals surface area contributed by atoms with E-state index in [-0.39, 0.29) is 32.1 Å². The highest BCUT2D eigenvalue weighted by molar-refractivity contribution is 7.95. The minimum absolute atomic E-state index is 0.0291. The van der Waals surface area contributed by atoms with Crippen molar-refractivity contribution in [3.63, 3.8) is 0 Å². The largest absolute Gasteiger partial charge is 0.504 e. The Morgan fingerprint density at radius 2 is 1.61 bits per heavy atom. The molecule has 9 nitrogen and oxygen atoms in total. The molecule has 3 aromatic carbocycles. The molecule has 4 rings (SSSR count). The third-order valence-electron chi connectivity index (χ3n) is 4.52. The number of fused-ring (bicyclic) bond motifs is 2. The summed E-state index contributed by atoms with van der Waals surface area (Å²) in [5, 5.41) is 20.1. The molecule has 3 N–H and O–H groups in total. The van der Waals surface area contributed by atoms with Gasteiger partial charge in [-0.2, -0.15) is 13.5 Å². The van der Waals surface area contributed by atoms with Crippen molar-refractivity contribution in [3.8, 4) is 5.75 Å². The average Bonchev–Trinajstić information content (AvgIpc) is 2.71. The van der Waals surface area contributed by atoms with Crippen molar-refractivity contribution < 1.29 is 26.8 Å². The Hall–Kier alpha value is -3.38. The second kappa shape index (κ2) is 7.39. The molecule has 0 spiro atoms. The molecule has 4 aromatic rings. The third-order valence-corrected chi connectivity index (χ3v) is 6.39. The number of nitrogens with zero attached hydrogens (tertiary/aromatic N) is 3. The van der Waals surface area contributed by atoms with Crippen LogP contribution in [-0.2, 0) is 19.9 Å². The molecule has 0 fully saturated rings. The molecule has 0 aliphatic heterocycles. The Labute approximate surface area is 177 Å². The van der Waals surface area contributed by atoms with Gasteiger partial charge in [-0.05, 0) is 59.1 Å². The SMILES string of the molecule is C=S(=O)(O)c1cc(N=Nc2ccc3cc(S(=O)(=O)O)ccc3c2)c(O)c2ncccc12. The van der Waals surface area contributed by atoms with Crippen LogP contribution in [0.2, 0.25) is 0 Å². The number of azo groups is 1. The van der Waals surface area contributed by atoms with E-state index in [1.807, 2.05) is 0 Å². The van der Waals surface area contributed by atoms with Crippen LogP contribution in [0.5, 0.6) is 5.75 Å². The van der Waals surface area contributed by atoms with E-state index in [0.29, 0.717) is 16.5 Å². The van der Waals surface area contributed by atoms with Crippen LogP contribution in [0.3, 0.4) is 0 Å². The van der Waals surface area contributed by atoms with Gasteiger partial charge >= 0.3 is 0 Å². The van der Waals surface area contributed by atoms with E-state index in [1.165, 1.54) is 30.5 Å². The summed E-state index contributed by atoms with van der Waals surface area (Å²) in [6, 6.07) is 13.2. The fourth-order valence-electron chi connectivity index (χ4n) is 3.07. The molecule has 11 heteroatoms. The van der Waals surface area contributed by atoms with Crippen LogP contribution < -0.4 is 0 Å². The maximum Gasteiger partial charge on any atom is 0.294 e. The fraction of sp³-hybridized carbons (Fsp3) is 0. The number of hydrogen-bond donors (Lipinski definition) is 3. The maximum absolute atomic E-state index is 12.2. The molecular formula is C20H15N3O6S2. The second-order valence-corrected chi connectivity index (χ2v) is 9.79. The molecule has 0 radical (unpaired) electrons. The first-order chi connectivity index (χ1) is 14.5. The number of rotatable bonds is 4. The van der Waals surface area contributed by atoms with Crippen molar-refractivity contribution in [2.75, 3.05) is 0 Å². The van der Waals surface area contributed by atoms with Crippen LogP contribution in [0.15, 0.2) is 80.8 Å². The van der Waals surface area contributed by atoms with E-state index in [0.717, 1.165) is 0 Å². The van der Waals surface area contributed by atoms with Gasteiger partial charge in [0.05, 0.1) is 15.5 Å². The smallest absolute Gasteiger partial charge is 0.294 e. The van der Waals surface area contributed by atoms with Gasteiger partial charge in [0.1, 0.15) is 21.0 Å². The zero-order valence-corrected chi connectivity index (χ0v) is 17.3. The number of pyridine rings is 1. The molecule has 0 saturated heterocycles. The van der Waals surface area contributed by atoms with E-state index < -0.39 is 19.9 Å². The summed E-state index contributed by atoms with van der Waals surface area (Å²) in [4.78, 5) is 3.80. The topological polar surface area (TPSA) is 150 Å². The summed E-state index contributed by atoms with van der Waals surface area (Å²) in [5.74, 6) is 2.98. The van der Waals surface area contributed by atoms with E-state index in [9.17, 15) is 22.3 Å². The molecule has 1 heterocycles. The summed E-state index contributed by atoms with van der Waals surface area (Å²) in [5.41, 5.74) is 0.414. The molecule has 0 saturated carbocycles. The zero-order valence-electron chi connectivity index (χ0n) is 15.7. The zero-order chi connectivity index (χ0) is 22.4. The fourth-order valence-corrected chi connectivity index (χ4v) is 4.39. The summed E-state index contributed by atoms with van der Waals surface area (Å²) < 4.78 is 53.9. The lowest BCUT2D eigenvalue weighted by Crippen LogP contribution is -1.99. The number of phenols is 1. The monoisotopic (exact) mass is 457 g/mol. The lowest BCUT2D eigenvalue weighted by Gasteiger charge is -2.09. The van der Waals surface area contributed by atoms with Crippen molar-refractivity contribution in [1.82, 2.24) is 4.98 Å². The van der Waals surface area contributed by atoms with Crippen LogP contribution in [0.25, 0.3) is 21.7 Å².